The van der Waals surface area contributed by atoms with Crippen LogP contribution in [0.15, 0.2) is 22.6 Å². The molecule has 0 unspecified atom stereocenters. The van der Waals surface area contributed by atoms with E-state index in [9.17, 15) is 13.6 Å². The van der Waals surface area contributed by atoms with Crippen LogP contribution in [-0.2, 0) is 6.54 Å². The average Bonchev–Trinajstić information content (AvgIpc) is 2.75. The molecule has 1 heterocycles. The van der Waals surface area contributed by atoms with Gasteiger partial charge in [0.05, 0.1) is 6.54 Å². The van der Waals surface area contributed by atoms with Crippen LogP contribution in [0, 0.1) is 25.5 Å². The summed E-state index contributed by atoms with van der Waals surface area (Å²) in [6.07, 6.45) is 0. The van der Waals surface area contributed by atoms with E-state index in [1.54, 1.807) is 0 Å². The number of furan rings is 1. The van der Waals surface area contributed by atoms with Crippen LogP contribution >= 0.6 is 0 Å². The molecule has 0 saturated heterocycles. The lowest BCUT2D eigenvalue weighted by molar-refractivity contribution is 0.0695. The highest BCUT2D eigenvalue weighted by atomic mass is 19.1. The second-order valence-electron chi connectivity index (χ2n) is 4.39. The van der Waals surface area contributed by atoms with Gasteiger partial charge in [0.15, 0.2) is 5.82 Å². The Morgan fingerprint density at radius 3 is 2.65 bits per heavy atom. The van der Waals surface area contributed by atoms with Crippen LogP contribution < -0.4 is 5.32 Å². The third kappa shape index (κ3) is 2.64. The minimum absolute atomic E-state index is 0.00852. The summed E-state index contributed by atoms with van der Waals surface area (Å²) in [5, 5.41) is 11.5. The van der Waals surface area contributed by atoms with Crippen LogP contribution in [0.2, 0.25) is 0 Å². The lowest BCUT2D eigenvalue weighted by atomic mass is 10.2. The fraction of sp³-hybridized carbons (Fsp3) is 0.214. The Balaban J connectivity index is 2.19. The maximum Gasteiger partial charge on any atom is 0.339 e. The summed E-state index contributed by atoms with van der Waals surface area (Å²) in [5.74, 6) is -1.95. The molecule has 2 N–H and O–H groups in total. The minimum atomic E-state index is -1.11. The van der Waals surface area contributed by atoms with Gasteiger partial charge in [-0.15, -0.1) is 0 Å². The summed E-state index contributed by atoms with van der Waals surface area (Å²) < 4.78 is 32.5. The van der Waals surface area contributed by atoms with Gasteiger partial charge in [-0.25, -0.2) is 13.6 Å². The van der Waals surface area contributed by atoms with Crippen LogP contribution in [-0.4, -0.2) is 11.1 Å². The van der Waals surface area contributed by atoms with Crippen LogP contribution in [0.5, 0.6) is 0 Å². The van der Waals surface area contributed by atoms with Gasteiger partial charge in [0.2, 0.25) is 0 Å². The van der Waals surface area contributed by atoms with Crippen molar-refractivity contribution in [2.75, 3.05) is 5.32 Å². The first-order valence-electron chi connectivity index (χ1n) is 5.91. The van der Waals surface area contributed by atoms with Crippen molar-refractivity contribution in [1.82, 2.24) is 0 Å². The monoisotopic (exact) mass is 281 g/mol. The SMILES string of the molecule is Cc1ccc(F)c(NCc2cc(C(=O)O)c(C)o2)c1F. The van der Waals surface area contributed by atoms with E-state index in [4.69, 9.17) is 9.52 Å². The maximum absolute atomic E-state index is 13.8. The summed E-state index contributed by atoms with van der Waals surface area (Å²) in [5.41, 5.74) is 0.0960. The van der Waals surface area contributed by atoms with Gasteiger partial charge in [-0.1, -0.05) is 6.07 Å². The van der Waals surface area contributed by atoms with Crippen molar-refractivity contribution in [2.45, 2.75) is 20.4 Å². The van der Waals surface area contributed by atoms with Crippen molar-refractivity contribution in [3.63, 3.8) is 0 Å². The summed E-state index contributed by atoms with van der Waals surface area (Å²) >= 11 is 0. The number of anilines is 1. The average molecular weight is 281 g/mol. The molecule has 0 atom stereocenters. The van der Waals surface area contributed by atoms with Crippen LogP contribution in [0.1, 0.15) is 27.4 Å². The molecule has 1 aromatic carbocycles. The number of rotatable bonds is 4. The number of hydrogen-bond acceptors (Lipinski definition) is 3. The summed E-state index contributed by atoms with van der Waals surface area (Å²) in [6, 6.07) is 3.84. The number of halogens is 2. The lowest BCUT2D eigenvalue weighted by Crippen LogP contribution is -2.04. The van der Waals surface area contributed by atoms with Gasteiger partial charge in [-0.3, -0.25) is 0 Å². The predicted octanol–water partition coefficient (Wildman–Crippen LogP) is 3.48. The smallest absolute Gasteiger partial charge is 0.339 e. The van der Waals surface area contributed by atoms with Gasteiger partial charge in [0, 0.05) is 0 Å². The first-order chi connectivity index (χ1) is 9.40. The van der Waals surface area contributed by atoms with Crippen LogP contribution in [0.3, 0.4) is 0 Å². The molecule has 0 aliphatic carbocycles. The fourth-order valence-corrected chi connectivity index (χ4v) is 1.84. The van der Waals surface area contributed by atoms with Gasteiger partial charge < -0.3 is 14.8 Å². The number of carbonyl (C=O) groups is 1. The molecular formula is C14H13F2NO3. The quantitative estimate of drug-likeness (QED) is 0.900. The number of benzene rings is 1. The van der Waals surface area contributed by atoms with E-state index in [2.05, 4.69) is 5.32 Å². The molecule has 0 radical (unpaired) electrons. The number of carboxylic acid groups (broad SMARTS) is 1. The summed E-state index contributed by atoms with van der Waals surface area (Å²) in [4.78, 5) is 10.9. The second-order valence-corrected chi connectivity index (χ2v) is 4.39. The van der Waals surface area contributed by atoms with Crippen molar-refractivity contribution in [1.29, 1.82) is 0 Å². The van der Waals surface area contributed by atoms with Crippen molar-refractivity contribution in [3.8, 4) is 0 Å². The van der Waals surface area contributed by atoms with Crippen molar-refractivity contribution in [3.05, 3.63) is 52.5 Å². The molecule has 106 valence electrons. The number of hydrogen-bond donors (Lipinski definition) is 2. The predicted molar refractivity (Wildman–Crippen MR) is 68.8 cm³/mol. The highest BCUT2D eigenvalue weighted by Gasteiger charge is 2.15. The van der Waals surface area contributed by atoms with Crippen LogP contribution in [0.25, 0.3) is 0 Å². The summed E-state index contributed by atoms with van der Waals surface area (Å²) in [6.45, 7) is 3.03. The third-order valence-corrected chi connectivity index (χ3v) is 2.92. The zero-order valence-electron chi connectivity index (χ0n) is 11.0. The van der Waals surface area contributed by atoms with Gasteiger partial charge in [0.1, 0.15) is 28.6 Å². The lowest BCUT2D eigenvalue weighted by Gasteiger charge is -2.08. The van der Waals surface area contributed by atoms with E-state index >= 15 is 0 Å². The molecular weight excluding hydrogens is 268 g/mol. The van der Waals surface area contributed by atoms with Gasteiger partial charge >= 0.3 is 5.97 Å². The first kappa shape index (κ1) is 14.0. The first-order valence-corrected chi connectivity index (χ1v) is 5.91. The van der Waals surface area contributed by atoms with Crippen LogP contribution in [0.4, 0.5) is 14.5 Å². The molecule has 2 rings (SSSR count). The largest absolute Gasteiger partial charge is 0.478 e. The Morgan fingerprint density at radius 2 is 2.05 bits per heavy atom. The Kier molecular flexibility index (Phi) is 3.74. The maximum atomic E-state index is 13.8. The van der Waals surface area contributed by atoms with E-state index in [1.165, 1.54) is 26.0 Å². The second kappa shape index (κ2) is 5.32. The Hall–Kier alpha value is -2.37. The van der Waals surface area contributed by atoms with Gasteiger partial charge in [0.25, 0.3) is 0 Å². The van der Waals surface area contributed by atoms with Gasteiger partial charge in [-0.2, -0.15) is 0 Å². The van der Waals surface area contributed by atoms with Crippen molar-refractivity contribution >= 4 is 11.7 Å². The third-order valence-electron chi connectivity index (χ3n) is 2.92. The standard InChI is InChI=1S/C14H13F2NO3/c1-7-3-4-11(15)13(12(7)16)17-6-9-5-10(14(18)19)8(2)20-9/h3-5,17H,6H2,1-2H3,(H,18,19). The molecule has 2 aromatic rings. The summed E-state index contributed by atoms with van der Waals surface area (Å²) in [7, 11) is 0. The number of aromatic carboxylic acids is 1. The molecule has 0 spiro atoms. The van der Waals surface area contributed by atoms with Gasteiger partial charge in [-0.05, 0) is 31.5 Å². The van der Waals surface area contributed by atoms with E-state index in [0.29, 0.717) is 11.3 Å². The molecule has 0 saturated carbocycles. The molecule has 0 fully saturated rings. The van der Waals surface area contributed by atoms with Crippen molar-refractivity contribution in [2.24, 2.45) is 0 Å². The molecule has 6 heteroatoms. The molecule has 0 bridgehead atoms. The molecule has 0 aliphatic heterocycles. The molecule has 0 amide bonds. The highest BCUT2D eigenvalue weighted by molar-refractivity contribution is 5.88. The fourth-order valence-electron chi connectivity index (χ4n) is 1.84. The zero-order valence-corrected chi connectivity index (χ0v) is 11.0. The van der Waals surface area contributed by atoms with E-state index in [0.717, 1.165) is 6.07 Å². The Morgan fingerprint density at radius 1 is 1.35 bits per heavy atom. The Bertz CT molecular complexity index is 665. The molecule has 0 aliphatic rings. The van der Waals surface area contributed by atoms with Crippen molar-refractivity contribution < 1.29 is 23.1 Å². The zero-order chi connectivity index (χ0) is 14.9. The Labute approximate surface area is 114 Å². The van der Waals surface area contributed by atoms with E-state index in [-0.39, 0.29) is 23.6 Å². The minimum Gasteiger partial charge on any atom is -0.478 e. The number of nitrogens with one attached hydrogen (secondary N) is 1. The molecule has 1 aromatic heterocycles. The normalized spacial score (nSPS) is 10.6. The topological polar surface area (TPSA) is 62.5 Å². The van der Waals surface area contributed by atoms with E-state index in [1.807, 2.05) is 0 Å². The highest BCUT2D eigenvalue weighted by Crippen LogP contribution is 2.23. The molecule has 20 heavy (non-hydrogen) atoms. The molecule has 4 nitrogen and oxygen atoms in total. The number of carboxylic acids is 1. The number of aryl methyl sites for hydroxylation is 2. The van der Waals surface area contributed by atoms with E-state index < -0.39 is 17.6 Å².